The Balaban J connectivity index is 2.13. The SMILES string of the molecule is O=C(Nc1ccccn1)Nc1ccccc1C(F)(F)F. The lowest BCUT2D eigenvalue weighted by Gasteiger charge is -2.13. The van der Waals surface area contributed by atoms with Gasteiger partial charge in [-0.3, -0.25) is 5.32 Å². The fourth-order valence-electron chi connectivity index (χ4n) is 1.55. The average molecular weight is 281 g/mol. The lowest BCUT2D eigenvalue weighted by molar-refractivity contribution is -0.136. The number of benzene rings is 1. The number of halogens is 3. The van der Waals surface area contributed by atoms with Crippen molar-refractivity contribution >= 4 is 17.5 Å². The lowest BCUT2D eigenvalue weighted by Crippen LogP contribution is -2.22. The van der Waals surface area contributed by atoms with E-state index in [0.717, 1.165) is 6.07 Å². The Bertz CT molecular complexity index is 599. The maximum atomic E-state index is 12.7. The zero-order chi connectivity index (χ0) is 14.6. The third-order valence-corrected chi connectivity index (χ3v) is 2.39. The highest BCUT2D eigenvalue weighted by atomic mass is 19.4. The molecule has 0 aliphatic rings. The lowest BCUT2D eigenvalue weighted by atomic mass is 10.1. The van der Waals surface area contributed by atoms with Gasteiger partial charge in [-0.25, -0.2) is 9.78 Å². The van der Waals surface area contributed by atoms with Gasteiger partial charge in [0, 0.05) is 6.20 Å². The maximum Gasteiger partial charge on any atom is 0.418 e. The minimum Gasteiger partial charge on any atom is -0.307 e. The highest BCUT2D eigenvalue weighted by molar-refractivity contribution is 5.99. The van der Waals surface area contributed by atoms with Crippen molar-refractivity contribution < 1.29 is 18.0 Å². The van der Waals surface area contributed by atoms with Crippen LogP contribution in [0.4, 0.5) is 29.5 Å². The molecule has 2 N–H and O–H groups in total. The summed E-state index contributed by atoms with van der Waals surface area (Å²) in [7, 11) is 0. The number of urea groups is 1. The molecular weight excluding hydrogens is 271 g/mol. The summed E-state index contributed by atoms with van der Waals surface area (Å²) in [6.07, 6.45) is -3.08. The molecule has 0 aliphatic carbocycles. The van der Waals surface area contributed by atoms with Gasteiger partial charge in [0.2, 0.25) is 0 Å². The average Bonchev–Trinajstić information content (AvgIpc) is 2.39. The fraction of sp³-hybridized carbons (Fsp3) is 0.0769. The Hall–Kier alpha value is -2.57. The molecule has 1 heterocycles. The molecule has 104 valence electrons. The first-order valence-electron chi connectivity index (χ1n) is 5.62. The van der Waals surface area contributed by atoms with E-state index in [9.17, 15) is 18.0 Å². The Morgan fingerprint density at radius 3 is 2.35 bits per heavy atom. The number of rotatable bonds is 2. The largest absolute Gasteiger partial charge is 0.418 e. The number of aromatic nitrogens is 1. The number of anilines is 2. The van der Waals surface area contributed by atoms with Crippen LogP contribution in [0.1, 0.15) is 5.56 Å². The molecule has 1 aromatic heterocycles. The van der Waals surface area contributed by atoms with Gasteiger partial charge in [0.05, 0.1) is 11.3 Å². The predicted molar refractivity (Wildman–Crippen MR) is 68.3 cm³/mol. The van der Waals surface area contributed by atoms with E-state index in [-0.39, 0.29) is 11.5 Å². The van der Waals surface area contributed by atoms with E-state index in [0.29, 0.717) is 0 Å². The molecule has 1 aromatic carbocycles. The van der Waals surface area contributed by atoms with E-state index in [1.807, 2.05) is 0 Å². The summed E-state index contributed by atoms with van der Waals surface area (Å²) >= 11 is 0. The molecule has 0 bridgehead atoms. The number of hydrogen-bond acceptors (Lipinski definition) is 2. The summed E-state index contributed by atoms with van der Waals surface area (Å²) in [4.78, 5) is 15.5. The minimum atomic E-state index is -4.53. The summed E-state index contributed by atoms with van der Waals surface area (Å²) in [6.45, 7) is 0. The number of nitrogens with one attached hydrogen (secondary N) is 2. The van der Waals surface area contributed by atoms with Crippen LogP contribution in [-0.2, 0) is 6.18 Å². The summed E-state index contributed by atoms with van der Waals surface area (Å²) in [5, 5.41) is 4.50. The monoisotopic (exact) mass is 281 g/mol. The summed E-state index contributed by atoms with van der Waals surface area (Å²) in [6, 6.07) is 8.78. The molecule has 0 unspecified atom stereocenters. The highest BCUT2D eigenvalue weighted by Gasteiger charge is 2.33. The molecule has 0 saturated carbocycles. The van der Waals surface area contributed by atoms with Gasteiger partial charge < -0.3 is 5.32 Å². The van der Waals surface area contributed by atoms with Crippen molar-refractivity contribution in [3.8, 4) is 0 Å². The van der Waals surface area contributed by atoms with E-state index in [4.69, 9.17) is 0 Å². The smallest absolute Gasteiger partial charge is 0.307 e. The van der Waals surface area contributed by atoms with Gasteiger partial charge in [0.25, 0.3) is 0 Å². The Labute approximate surface area is 112 Å². The third kappa shape index (κ3) is 3.47. The van der Waals surface area contributed by atoms with E-state index in [1.165, 1.54) is 30.5 Å². The molecule has 20 heavy (non-hydrogen) atoms. The molecule has 0 aliphatic heterocycles. The van der Waals surface area contributed by atoms with Crippen LogP contribution in [0.25, 0.3) is 0 Å². The summed E-state index contributed by atoms with van der Waals surface area (Å²) in [5.74, 6) is 0.245. The van der Waals surface area contributed by atoms with E-state index < -0.39 is 17.8 Å². The molecule has 0 fully saturated rings. The standard InChI is InChI=1S/C13H10F3N3O/c14-13(15,16)9-5-1-2-6-10(9)18-12(20)19-11-7-3-4-8-17-11/h1-8H,(H2,17,18,19,20). The van der Waals surface area contributed by atoms with Gasteiger partial charge >= 0.3 is 12.2 Å². The van der Waals surface area contributed by atoms with Gasteiger partial charge in [-0.1, -0.05) is 18.2 Å². The minimum absolute atomic E-state index is 0.245. The van der Waals surface area contributed by atoms with Crippen molar-refractivity contribution in [2.24, 2.45) is 0 Å². The number of alkyl halides is 3. The predicted octanol–water partition coefficient (Wildman–Crippen LogP) is 3.74. The number of carbonyl (C=O) groups excluding carboxylic acids is 1. The topological polar surface area (TPSA) is 54.0 Å². The van der Waals surface area contributed by atoms with Gasteiger partial charge in [0.1, 0.15) is 5.82 Å². The van der Waals surface area contributed by atoms with Crippen LogP contribution >= 0.6 is 0 Å². The normalized spacial score (nSPS) is 10.9. The van der Waals surface area contributed by atoms with Crippen molar-refractivity contribution in [2.45, 2.75) is 6.18 Å². The molecule has 2 rings (SSSR count). The van der Waals surface area contributed by atoms with Crippen LogP contribution in [-0.4, -0.2) is 11.0 Å². The van der Waals surface area contributed by atoms with Crippen molar-refractivity contribution in [2.75, 3.05) is 10.6 Å². The van der Waals surface area contributed by atoms with Crippen LogP contribution in [0.5, 0.6) is 0 Å². The second-order valence-electron chi connectivity index (χ2n) is 3.84. The Morgan fingerprint density at radius 2 is 1.70 bits per heavy atom. The van der Waals surface area contributed by atoms with Crippen LogP contribution < -0.4 is 10.6 Å². The Morgan fingerprint density at radius 1 is 1.00 bits per heavy atom. The zero-order valence-corrected chi connectivity index (χ0v) is 10.1. The van der Waals surface area contributed by atoms with Gasteiger partial charge in [-0.2, -0.15) is 13.2 Å². The van der Waals surface area contributed by atoms with Gasteiger partial charge in [0.15, 0.2) is 0 Å². The first-order valence-corrected chi connectivity index (χ1v) is 5.62. The second-order valence-corrected chi connectivity index (χ2v) is 3.84. The zero-order valence-electron chi connectivity index (χ0n) is 10.1. The maximum absolute atomic E-state index is 12.7. The summed E-state index contributed by atoms with van der Waals surface area (Å²) < 4.78 is 38.2. The van der Waals surface area contributed by atoms with Crippen LogP contribution in [0.3, 0.4) is 0 Å². The highest BCUT2D eigenvalue weighted by Crippen LogP contribution is 2.34. The van der Waals surface area contributed by atoms with Crippen molar-refractivity contribution in [3.63, 3.8) is 0 Å². The number of carbonyl (C=O) groups is 1. The number of pyridine rings is 1. The third-order valence-electron chi connectivity index (χ3n) is 2.39. The van der Waals surface area contributed by atoms with Crippen molar-refractivity contribution in [1.82, 2.24) is 4.98 Å². The Kier molecular flexibility index (Phi) is 3.88. The number of amides is 2. The molecule has 0 atom stereocenters. The van der Waals surface area contributed by atoms with Gasteiger partial charge in [-0.05, 0) is 24.3 Å². The van der Waals surface area contributed by atoms with E-state index in [1.54, 1.807) is 12.1 Å². The number of nitrogens with zero attached hydrogens (tertiary/aromatic N) is 1. The van der Waals surface area contributed by atoms with Crippen LogP contribution in [0.15, 0.2) is 48.7 Å². The van der Waals surface area contributed by atoms with E-state index >= 15 is 0 Å². The molecule has 0 radical (unpaired) electrons. The molecule has 0 spiro atoms. The van der Waals surface area contributed by atoms with Crippen molar-refractivity contribution in [3.05, 3.63) is 54.2 Å². The fourth-order valence-corrected chi connectivity index (χ4v) is 1.55. The summed E-state index contributed by atoms with van der Waals surface area (Å²) in [5.41, 5.74) is -1.22. The van der Waals surface area contributed by atoms with Crippen LogP contribution in [0.2, 0.25) is 0 Å². The molecule has 7 heteroatoms. The molecule has 4 nitrogen and oxygen atoms in total. The quantitative estimate of drug-likeness (QED) is 0.881. The van der Waals surface area contributed by atoms with E-state index in [2.05, 4.69) is 15.6 Å². The van der Waals surface area contributed by atoms with Crippen LogP contribution in [0, 0.1) is 0 Å². The van der Waals surface area contributed by atoms with Crippen molar-refractivity contribution in [1.29, 1.82) is 0 Å². The molecule has 2 amide bonds. The second kappa shape index (κ2) is 5.60. The van der Waals surface area contributed by atoms with Gasteiger partial charge in [-0.15, -0.1) is 0 Å². The number of para-hydroxylation sites is 1. The number of hydrogen-bond donors (Lipinski definition) is 2. The first kappa shape index (κ1) is 13.9. The first-order chi connectivity index (χ1) is 9.47. The molecule has 0 saturated heterocycles. The molecule has 2 aromatic rings. The molecular formula is C13H10F3N3O.